The van der Waals surface area contributed by atoms with E-state index in [-0.39, 0.29) is 24.2 Å². The largest absolute Gasteiger partial charge is 0.451 e. The number of nitrogens with zero attached hydrogens (tertiary/aromatic N) is 1. The Bertz CT molecular complexity index is 574. The zero-order valence-electron chi connectivity index (χ0n) is 15.3. The van der Waals surface area contributed by atoms with Gasteiger partial charge in [-0.15, -0.1) is 11.3 Å². The van der Waals surface area contributed by atoms with Gasteiger partial charge in [-0.2, -0.15) is 0 Å². The van der Waals surface area contributed by atoms with Gasteiger partial charge in [0, 0.05) is 18.0 Å². The third-order valence-electron chi connectivity index (χ3n) is 4.50. The summed E-state index contributed by atoms with van der Waals surface area (Å²) < 4.78 is 5.09. The van der Waals surface area contributed by atoms with Gasteiger partial charge in [0.25, 0.3) is 5.91 Å². The normalized spacial score (nSPS) is 20.3. The van der Waals surface area contributed by atoms with Crippen molar-refractivity contribution in [3.05, 3.63) is 11.1 Å². The first kappa shape index (κ1) is 19.7. The average Bonchev–Trinajstić information content (AvgIpc) is 3.03. The summed E-state index contributed by atoms with van der Waals surface area (Å²) >= 11 is 1.37. The van der Waals surface area contributed by atoms with E-state index in [0.717, 1.165) is 32.2 Å². The van der Waals surface area contributed by atoms with Crippen molar-refractivity contribution >= 4 is 28.3 Å². The van der Waals surface area contributed by atoms with Crippen molar-refractivity contribution in [2.45, 2.75) is 58.9 Å². The molecule has 6 nitrogen and oxygen atoms in total. The second-order valence-electron chi connectivity index (χ2n) is 7.16. The first-order chi connectivity index (χ1) is 12.0. The van der Waals surface area contributed by atoms with Crippen LogP contribution in [0.1, 0.15) is 63.4 Å². The molecule has 0 aliphatic heterocycles. The van der Waals surface area contributed by atoms with E-state index < -0.39 is 5.97 Å². The molecule has 0 aromatic carbocycles. The van der Waals surface area contributed by atoms with Crippen LogP contribution in [0.25, 0.3) is 0 Å². The van der Waals surface area contributed by atoms with Gasteiger partial charge in [-0.3, -0.25) is 4.79 Å². The lowest BCUT2D eigenvalue weighted by Crippen LogP contribution is -2.42. The van der Waals surface area contributed by atoms with Gasteiger partial charge in [0.1, 0.15) is 0 Å². The molecule has 1 heterocycles. The van der Waals surface area contributed by atoms with Gasteiger partial charge in [-0.05, 0) is 31.1 Å². The van der Waals surface area contributed by atoms with Crippen LogP contribution in [-0.4, -0.2) is 36.1 Å². The molecule has 7 heteroatoms. The summed E-state index contributed by atoms with van der Waals surface area (Å²) in [6.45, 7) is 7.04. The highest BCUT2D eigenvalue weighted by atomic mass is 32.1. The molecule has 1 aromatic heterocycles. The Morgan fingerprint density at radius 1 is 1.36 bits per heavy atom. The number of rotatable bonds is 8. The molecule has 1 aliphatic carbocycles. The number of nitrogens with one attached hydrogen (secondary N) is 2. The van der Waals surface area contributed by atoms with Crippen molar-refractivity contribution in [3.63, 3.8) is 0 Å². The lowest BCUT2D eigenvalue weighted by molar-refractivity contribution is -0.125. The van der Waals surface area contributed by atoms with Crippen LogP contribution >= 0.6 is 11.3 Å². The molecule has 1 fully saturated rings. The molecule has 0 spiro atoms. The Morgan fingerprint density at radius 2 is 2.12 bits per heavy atom. The van der Waals surface area contributed by atoms with E-state index in [2.05, 4.69) is 36.4 Å². The first-order valence-corrected chi connectivity index (χ1v) is 9.99. The van der Waals surface area contributed by atoms with Crippen LogP contribution in [0, 0.1) is 11.8 Å². The fraction of sp³-hybridized carbons (Fsp3) is 0.722. The molecule has 2 atom stereocenters. The maximum Gasteiger partial charge on any atom is 0.358 e. The van der Waals surface area contributed by atoms with Gasteiger partial charge in [-0.1, -0.05) is 33.6 Å². The molecule has 1 aliphatic rings. The summed E-state index contributed by atoms with van der Waals surface area (Å²) in [5, 5.41) is 8.52. The first-order valence-electron chi connectivity index (χ1n) is 9.11. The molecule has 1 amide bonds. The Balaban J connectivity index is 1.72. The molecular weight excluding hydrogens is 338 g/mol. The van der Waals surface area contributed by atoms with Crippen molar-refractivity contribution in [1.29, 1.82) is 0 Å². The van der Waals surface area contributed by atoms with Gasteiger partial charge in [0.15, 0.2) is 17.4 Å². The van der Waals surface area contributed by atoms with E-state index in [1.807, 2.05) is 0 Å². The maximum atomic E-state index is 12.0. The minimum atomic E-state index is -0.556. The molecule has 1 saturated carbocycles. The van der Waals surface area contributed by atoms with Gasteiger partial charge in [-0.25, -0.2) is 9.78 Å². The second-order valence-corrected chi connectivity index (χ2v) is 8.02. The number of carbonyl (C=O) groups excluding carboxylic acids is 2. The number of hydrogen-bond donors (Lipinski definition) is 2. The molecule has 0 radical (unpaired) electrons. The Hall–Kier alpha value is -1.63. The lowest BCUT2D eigenvalue weighted by Gasteiger charge is -2.29. The molecule has 2 rings (SSSR count). The fourth-order valence-corrected chi connectivity index (χ4v) is 3.61. The van der Waals surface area contributed by atoms with E-state index >= 15 is 0 Å². The average molecular weight is 368 g/mol. The number of carbonyl (C=O) groups is 2. The quantitative estimate of drug-likeness (QED) is 0.688. The molecular formula is C18H29N3O3S. The topological polar surface area (TPSA) is 80.3 Å². The monoisotopic (exact) mass is 367 g/mol. The van der Waals surface area contributed by atoms with Crippen LogP contribution in [0.15, 0.2) is 5.38 Å². The van der Waals surface area contributed by atoms with Crippen LogP contribution in [0.4, 0.5) is 5.13 Å². The van der Waals surface area contributed by atoms with Crippen molar-refractivity contribution in [1.82, 2.24) is 10.3 Å². The van der Waals surface area contributed by atoms with Crippen molar-refractivity contribution < 1.29 is 14.3 Å². The van der Waals surface area contributed by atoms with E-state index in [1.54, 1.807) is 5.38 Å². The molecule has 140 valence electrons. The smallest absolute Gasteiger partial charge is 0.358 e. The van der Waals surface area contributed by atoms with Crippen LogP contribution in [0.3, 0.4) is 0 Å². The zero-order chi connectivity index (χ0) is 18.2. The highest BCUT2D eigenvalue weighted by Crippen LogP contribution is 2.23. The molecule has 0 saturated heterocycles. The molecule has 2 N–H and O–H groups in total. The fourth-order valence-electron chi connectivity index (χ4n) is 2.90. The third kappa shape index (κ3) is 6.65. The maximum absolute atomic E-state index is 12.0. The van der Waals surface area contributed by atoms with E-state index in [9.17, 15) is 9.59 Å². The summed E-state index contributed by atoms with van der Waals surface area (Å²) in [6.07, 6.45) is 5.54. The molecule has 1 aromatic rings. The van der Waals surface area contributed by atoms with Crippen LogP contribution in [0.2, 0.25) is 0 Å². The Labute approximate surface area is 153 Å². The lowest BCUT2D eigenvalue weighted by atomic mass is 9.86. The zero-order valence-corrected chi connectivity index (χ0v) is 16.2. The van der Waals surface area contributed by atoms with Gasteiger partial charge >= 0.3 is 5.97 Å². The SMILES string of the molecule is CC(C)CCNc1nc(C(=O)OCC(=O)N[C@H]2CCCC[C@@H]2C)cs1. The minimum absolute atomic E-state index is 0.191. The van der Waals surface area contributed by atoms with Crippen LogP contribution in [0.5, 0.6) is 0 Å². The summed E-state index contributed by atoms with van der Waals surface area (Å²) in [5.41, 5.74) is 0.246. The number of ether oxygens (including phenoxy) is 1. The van der Waals surface area contributed by atoms with E-state index in [4.69, 9.17) is 4.74 Å². The summed E-state index contributed by atoms with van der Waals surface area (Å²) in [6, 6.07) is 0.191. The van der Waals surface area contributed by atoms with Crippen molar-refractivity contribution in [3.8, 4) is 0 Å². The molecule has 0 unspecified atom stereocenters. The van der Waals surface area contributed by atoms with Crippen LogP contribution < -0.4 is 10.6 Å². The minimum Gasteiger partial charge on any atom is -0.451 e. The van der Waals surface area contributed by atoms with Crippen molar-refractivity contribution in [2.24, 2.45) is 11.8 Å². The number of anilines is 1. The van der Waals surface area contributed by atoms with Gasteiger partial charge in [0.2, 0.25) is 0 Å². The predicted octanol–water partition coefficient (Wildman–Crippen LogP) is 3.45. The third-order valence-corrected chi connectivity index (χ3v) is 5.30. The standard InChI is InChI=1S/C18H29N3O3S/c1-12(2)8-9-19-18-21-15(11-25-18)17(23)24-10-16(22)20-14-7-5-4-6-13(14)3/h11-14H,4-10H2,1-3H3,(H,19,21)(H,20,22)/t13-,14-/m0/s1. The summed E-state index contributed by atoms with van der Waals surface area (Å²) in [5.74, 6) is 0.298. The number of hydrogen-bond acceptors (Lipinski definition) is 6. The number of aromatic nitrogens is 1. The van der Waals surface area contributed by atoms with E-state index in [0.29, 0.717) is 17.0 Å². The predicted molar refractivity (Wildman–Crippen MR) is 99.9 cm³/mol. The molecule has 25 heavy (non-hydrogen) atoms. The van der Waals surface area contributed by atoms with Gasteiger partial charge < -0.3 is 15.4 Å². The van der Waals surface area contributed by atoms with Crippen molar-refractivity contribution in [2.75, 3.05) is 18.5 Å². The number of thiazole rings is 1. The highest BCUT2D eigenvalue weighted by molar-refractivity contribution is 7.13. The Kier molecular flexibility index (Phi) is 7.68. The van der Waals surface area contributed by atoms with Gasteiger partial charge in [0.05, 0.1) is 0 Å². The summed E-state index contributed by atoms with van der Waals surface area (Å²) in [4.78, 5) is 28.2. The van der Waals surface area contributed by atoms with Crippen LogP contribution in [-0.2, 0) is 9.53 Å². The number of esters is 1. The van der Waals surface area contributed by atoms with E-state index in [1.165, 1.54) is 17.8 Å². The molecule has 0 bridgehead atoms. The Morgan fingerprint density at radius 3 is 2.84 bits per heavy atom. The highest BCUT2D eigenvalue weighted by Gasteiger charge is 2.23. The number of amides is 1. The summed E-state index contributed by atoms with van der Waals surface area (Å²) in [7, 11) is 0. The second kappa shape index (κ2) is 9.75.